The summed E-state index contributed by atoms with van der Waals surface area (Å²) in [7, 11) is -2.34. The maximum Gasteiger partial charge on any atom is 0.338 e. The van der Waals surface area contributed by atoms with Gasteiger partial charge in [-0.15, -0.1) is 0 Å². The Morgan fingerprint density at radius 3 is 1.72 bits per heavy atom. The fourth-order valence-electron chi connectivity index (χ4n) is 5.61. The van der Waals surface area contributed by atoms with Gasteiger partial charge in [-0.3, -0.25) is 4.79 Å². The van der Waals surface area contributed by atoms with E-state index in [-0.39, 0.29) is 17.5 Å². The molecule has 1 unspecified atom stereocenters. The van der Waals surface area contributed by atoms with Crippen LogP contribution in [0.1, 0.15) is 43.1 Å². The largest absolute Gasteiger partial charge is 0.456 e. The van der Waals surface area contributed by atoms with E-state index >= 15 is 0 Å². The van der Waals surface area contributed by atoms with Crippen LogP contribution < -0.4 is 15.9 Å². The zero-order valence-electron chi connectivity index (χ0n) is 22.8. The highest BCUT2D eigenvalue weighted by molar-refractivity contribution is 7.96. The third-order valence-corrected chi connectivity index (χ3v) is 12.0. The van der Waals surface area contributed by atoms with E-state index in [1.807, 2.05) is 62.1 Å². The Labute approximate surface area is 232 Å². The van der Waals surface area contributed by atoms with Crippen molar-refractivity contribution in [2.45, 2.75) is 45.0 Å². The van der Waals surface area contributed by atoms with Gasteiger partial charge in [-0.1, -0.05) is 72.8 Å². The minimum Gasteiger partial charge on any atom is -0.456 e. The average Bonchev–Trinajstić information content (AvgIpc) is 3.30. The first-order valence-electron chi connectivity index (χ1n) is 13.5. The third kappa shape index (κ3) is 5.40. The van der Waals surface area contributed by atoms with Crippen LogP contribution in [0.5, 0.6) is 0 Å². The smallest absolute Gasteiger partial charge is 0.338 e. The van der Waals surface area contributed by atoms with Gasteiger partial charge in [-0.05, 0) is 68.8 Å². The van der Waals surface area contributed by atoms with Crippen LogP contribution in [0.15, 0.2) is 115 Å². The predicted octanol–water partition coefficient (Wildman–Crippen LogP) is 5.74. The molecule has 39 heavy (non-hydrogen) atoms. The number of nitrogens with zero attached hydrogens (tertiary/aromatic N) is 1. The number of benzene rings is 4. The molecule has 0 spiro atoms. The van der Waals surface area contributed by atoms with E-state index in [1.54, 1.807) is 6.07 Å². The number of amides is 1. The Morgan fingerprint density at radius 1 is 0.769 bits per heavy atom. The molecule has 1 aliphatic rings. The SMILES string of the molecule is CC(C)(C)OC(=O)c1ccccc1CN1CCC([P+](c2ccccc2)(c2ccccc2)c2ccccc2)C1=O. The van der Waals surface area contributed by atoms with Gasteiger partial charge in [0.15, 0.2) is 5.66 Å². The molecule has 4 nitrogen and oxygen atoms in total. The summed E-state index contributed by atoms with van der Waals surface area (Å²) < 4.78 is 5.67. The normalized spacial score (nSPS) is 15.8. The highest BCUT2D eigenvalue weighted by atomic mass is 31.2. The lowest BCUT2D eigenvalue weighted by atomic mass is 10.1. The van der Waals surface area contributed by atoms with E-state index in [4.69, 9.17) is 4.74 Å². The quantitative estimate of drug-likeness (QED) is 0.224. The maximum absolute atomic E-state index is 14.4. The van der Waals surface area contributed by atoms with Crippen molar-refractivity contribution in [1.82, 2.24) is 4.90 Å². The van der Waals surface area contributed by atoms with Gasteiger partial charge < -0.3 is 9.64 Å². The molecule has 1 aliphatic heterocycles. The summed E-state index contributed by atoms with van der Waals surface area (Å²) in [5, 5.41) is 3.62. The van der Waals surface area contributed by atoms with Gasteiger partial charge in [0.05, 0.1) is 5.56 Å². The monoisotopic (exact) mass is 536 g/mol. The summed E-state index contributed by atoms with van der Waals surface area (Å²) in [6, 6.07) is 39.1. The van der Waals surface area contributed by atoms with Gasteiger partial charge in [0.25, 0.3) is 5.91 Å². The van der Waals surface area contributed by atoms with Crippen molar-refractivity contribution in [2.75, 3.05) is 6.54 Å². The minimum absolute atomic E-state index is 0.138. The van der Waals surface area contributed by atoms with Crippen LogP contribution >= 0.6 is 7.26 Å². The second-order valence-corrected chi connectivity index (χ2v) is 14.6. The standard InChI is InChI=1S/C34H35NO3P/c1-34(2,3)38-33(37)30-22-14-13-15-26(30)25-35-24-23-31(32(35)36)39(27-16-7-4-8-17-27,28-18-9-5-10-19-28)29-20-11-6-12-21-29/h4-22,31H,23-25H2,1-3H3/q+1. The van der Waals surface area contributed by atoms with Crippen molar-refractivity contribution < 1.29 is 14.3 Å². The minimum atomic E-state index is -2.34. The molecule has 0 bridgehead atoms. The summed E-state index contributed by atoms with van der Waals surface area (Å²) in [4.78, 5) is 29.3. The van der Waals surface area contributed by atoms with Crippen LogP contribution in [0.2, 0.25) is 0 Å². The lowest BCUT2D eigenvalue weighted by Gasteiger charge is -2.32. The molecule has 1 atom stereocenters. The van der Waals surface area contributed by atoms with Crippen molar-refractivity contribution in [2.24, 2.45) is 0 Å². The molecular weight excluding hydrogens is 501 g/mol. The average molecular weight is 537 g/mol. The van der Waals surface area contributed by atoms with E-state index in [0.717, 1.165) is 12.0 Å². The fraction of sp³-hybridized carbons (Fsp3) is 0.235. The Kier molecular flexibility index (Phi) is 7.68. The Hall–Kier alpha value is -3.75. The first kappa shape index (κ1) is 26.8. The van der Waals surface area contributed by atoms with Crippen molar-refractivity contribution in [3.63, 3.8) is 0 Å². The van der Waals surface area contributed by atoms with Crippen molar-refractivity contribution >= 4 is 35.1 Å². The van der Waals surface area contributed by atoms with Gasteiger partial charge in [0.2, 0.25) is 0 Å². The lowest BCUT2D eigenvalue weighted by Crippen LogP contribution is -2.42. The topological polar surface area (TPSA) is 46.6 Å². The van der Waals surface area contributed by atoms with E-state index in [9.17, 15) is 9.59 Å². The number of rotatable bonds is 7. The highest BCUT2D eigenvalue weighted by Crippen LogP contribution is 2.62. The van der Waals surface area contributed by atoms with Crippen molar-refractivity contribution in [3.05, 3.63) is 126 Å². The van der Waals surface area contributed by atoms with Crippen molar-refractivity contribution in [3.8, 4) is 0 Å². The molecule has 5 heteroatoms. The molecule has 198 valence electrons. The highest BCUT2D eigenvalue weighted by Gasteiger charge is 2.58. The van der Waals surface area contributed by atoms with E-state index in [1.165, 1.54) is 15.9 Å². The first-order valence-corrected chi connectivity index (χ1v) is 15.3. The molecule has 1 saturated heterocycles. The summed E-state index contributed by atoms with van der Waals surface area (Å²) >= 11 is 0. The number of ether oxygens (including phenoxy) is 1. The number of carbonyl (C=O) groups excluding carboxylic acids is 2. The summed E-state index contributed by atoms with van der Waals surface area (Å²) in [5.74, 6) is -0.222. The number of carbonyl (C=O) groups is 2. The van der Waals surface area contributed by atoms with E-state index in [0.29, 0.717) is 18.7 Å². The molecule has 0 saturated carbocycles. The zero-order valence-corrected chi connectivity index (χ0v) is 23.7. The molecule has 1 heterocycles. The second kappa shape index (κ2) is 11.2. The van der Waals surface area contributed by atoms with Crippen molar-refractivity contribution in [1.29, 1.82) is 0 Å². The Balaban J connectivity index is 1.56. The second-order valence-electron chi connectivity index (χ2n) is 11.0. The van der Waals surface area contributed by atoms with Crippen LogP contribution in [-0.4, -0.2) is 34.6 Å². The molecule has 1 fully saturated rings. The molecule has 4 aromatic rings. The number of hydrogen-bond donors (Lipinski definition) is 0. The maximum atomic E-state index is 14.4. The third-order valence-electron chi connectivity index (χ3n) is 7.22. The molecule has 0 N–H and O–H groups in total. The first-order chi connectivity index (χ1) is 18.8. The van der Waals surface area contributed by atoms with Crippen LogP contribution in [0, 0.1) is 0 Å². The molecule has 0 radical (unpaired) electrons. The molecule has 4 aromatic carbocycles. The Bertz CT molecular complexity index is 1340. The molecule has 0 aromatic heterocycles. The van der Waals surface area contributed by atoms with Crippen LogP contribution in [0.3, 0.4) is 0 Å². The van der Waals surface area contributed by atoms with Gasteiger partial charge in [-0.25, -0.2) is 4.79 Å². The van der Waals surface area contributed by atoms with E-state index < -0.39 is 12.9 Å². The van der Waals surface area contributed by atoms with Gasteiger partial charge in [-0.2, -0.15) is 0 Å². The predicted molar refractivity (Wildman–Crippen MR) is 161 cm³/mol. The Morgan fingerprint density at radius 2 is 1.23 bits per heavy atom. The van der Waals surface area contributed by atoms with Gasteiger partial charge >= 0.3 is 5.97 Å². The lowest BCUT2D eigenvalue weighted by molar-refractivity contribution is -0.127. The molecular formula is C34H35NO3P+. The summed E-state index contributed by atoms with van der Waals surface area (Å²) in [6.07, 6.45) is 0.750. The van der Waals surface area contributed by atoms with E-state index in [2.05, 4.69) is 72.8 Å². The number of likely N-dealkylation sites (tertiary alicyclic amines) is 1. The number of esters is 1. The zero-order chi connectivity index (χ0) is 27.5. The van der Waals surface area contributed by atoms with Gasteiger partial charge in [0.1, 0.15) is 28.8 Å². The summed E-state index contributed by atoms with van der Waals surface area (Å²) in [6.45, 7) is 6.61. The number of hydrogen-bond acceptors (Lipinski definition) is 3. The molecule has 1 amide bonds. The van der Waals surface area contributed by atoms with Crippen LogP contribution in [0.25, 0.3) is 0 Å². The summed E-state index contributed by atoms with van der Waals surface area (Å²) in [5.41, 5.74) is 0.533. The van der Waals surface area contributed by atoms with Crippen LogP contribution in [-0.2, 0) is 16.1 Å². The van der Waals surface area contributed by atoms with Gasteiger partial charge in [0, 0.05) is 19.5 Å². The van der Waals surface area contributed by atoms with Crippen LogP contribution in [0.4, 0.5) is 0 Å². The fourth-order valence-corrected chi connectivity index (χ4v) is 10.5. The molecule has 0 aliphatic carbocycles. The molecule has 5 rings (SSSR count).